The molecule has 0 N–H and O–H groups in total. The molecular formula is C15H22O. The Morgan fingerprint density at radius 2 is 2.00 bits per heavy atom. The summed E-state index contributed by atoms with van der Waals surface area (Å²) >= 11 is 0. The maximum atomic E-state index is 5.80. The zero-order valence-electron chi connectivity index (χ0n) is 10.4. The van der Waals surface area contributed by atoms with Crippen molar-refractivity contribution in [3.63, 3.8) is 0 Å². The van der Waals surface area contributed by atoms with Gasteiger partial charge in [-0.15, -0.1) is 0 Å². The lowest BCUT2D eigenvalue weighted by Gasteiger charge is -2.09. The molecule has 0 aliphatic rings. The molecule has 0 aromatic heterocycles. The Labute approximate surface area is 99.1 Å². The minimum Gasteiger partial charge on any atom is -0.493 e. The highest BCUT2D eigenvalue weighted by molar-refractivity contribution is 5.34. The molecule has 88 valence electrons. The second kappa shape index (κ2) is 7.98. The molecular weight excluding hydrogens is 196 g/mol. The Morgan fingerprint density at radius 3 is 2.75 bits per heavy atom. The van der Waals surface area contributed by atoms with Gasteiger partial charge in [-0.05, 0) is 31.4 Å². The van der Waals surface area contributed by atoms with Gasteiger partial charge in [0.2, 0.25) is 0 Å². The quantitative estimate of drug-likeness (QED) is 0.487. The van der Waals surface area contributed by atoms with E-state index in [0.717, 1.165) is 25.2 Å². The van der Waals surface area contributed by atoms with E-state index in [9.17, 15) is 0 Å². The fourth-order valence-electron chi connectivity index (χ4n) is 1.59. The summed E-state index contributed by atoms with van der Waals surface area (Å²) in [6.45, 7) is 5.09. The summed E-state index contributed by atoms with van der Waals surface area (Å²) in [6, 6.07) is 8.30. The third kappa shape index (κ3) is 4.52. The molecule has 1 aromatic carbocycles. The van der Waals surface area contributed by atoms with Gasteiger partial charge in [0.15, 0.2) is 0 Å². The molecule has 1 aromatic rings. The SMILES string of the molecule is CC=CCc1ccccc1OCCCCC. The lowest BCUT2D eigenvalue weighted by Crippen LogP contribution is -1.99. The van der Waals surface area contributed by atoms with Gasteiger partial charge >= 0.3 is 0 Å². The maximum Gasteiger partial charge on any atom is 0.122 e. The van der Waals surface area contributed by atoms with Crippen molar-refractivity contribution in [2.75, 3.05) is 6.61 Å². The molecule has 0 aliphatic carbocycles. The molecule has 0 saturated carbocycles. The molecule has 0 saturated heterocycles. The Bertz CT molecular complexity index is 315. The first-order chi connectivity index (χ1) is 7.88. The number of ether oxygens (including phenoxy) is 1. The molecule has 0 radical (unpaired) electrons. The number of rotatable bonds is 7. The first-order valence-corrected chi connectivity index (χ1v) is 6.20. The number of para-hydroxylation sites is 1. The van der Waals surface area contributed by atoms with Gasteiger partial charge in [-0.3, -0.25) is 0 Å². The Morgan fingerprint density at radius 1 is 1.19 bits per heavy atom. The molecule has 0 amide bonds. The number of benzene rings is 1. The third-order valence-electron chi connectivity index (χ3n) is 2.55. The largest absolute Gasteiger partial charge is 0.493 e. The predicted octanol–water partition coefficient (Wildman–Crippen LogP) is 4.37. The first-order valence-electron chi connectivity index (χ1n) is 6.20. The van der Waals surface area contributed by atoms with Crippen molar-refractivity contribution in [1.29, 1.82) is 0 Å². The van der Waals surface area contributed by atoms with Crippen LogP contribution in [-0.4, -0.2) is 6.61 Å². The number of unbranched alkanes of at least 4 members (excludes halogenated alkanes) is 2. The molecule has 1 rings (SSSR count). The van der Waals surface area contributed by atoms with Crippen molar-refractivity contribution < 1.29 is 4.74 Å². The summed E-state index contributed by atoms with van der Waals surface area (Å²) in [5.41, 5.74) is 1.28. The molecule has 0 fully saturated rings. The highest BCUT2D eigenvalue weighted by Gasteiger charge is 2.00. The summed E-state index contributed by atoms with van der Waals surface area (Å²) in [6.07, 6.45) is 8.83. The van der Waals surface area contributed by atoms with E-state index in [2.05, 4.69) is 37.3 Å². The smallest absolute Gasteiger partial charge is 0.122 e. The van der Waals surface area contributed by atoms with E-state index in [0.29, 0.717) is 0 Å². The zero-order chi connectivity index (χ0) is 11.6. The number of allylic oxidation sites excluding steroid dienone is 2. The van der Waals surface area contributed by atoms with Gasteiger partial charge in [-0.1, -0.05) is 50.1 Å². The monoisotopic (exact) mass is 218 g/mol. The van der Waals surface area contributed by atoms with Gasteiger partial charge in [0, 0.05) is 0 Å². The van der Waals surface area contributed by atoms with Crippen molar-refractivity contribution in [2.45, 2.75) is 39.5 Å². The average Bonchev–Trinajstić information content (AvgIpc) is 2.33. The zero-order valence-corrected chi connectivity index (χ0v) is 10.4. The van der Waals surface area contributed by atoms with Crippen LogP contribution in [0.1, 0.15) is 38.7 Å². The molecule has 1 nitrogen and oxygen atoms in total. The summed E-state index contributed by atoms with van der Waals surface area (Å²) in [5, 5.41) is 0. The maximum absolute atomic E-state index is 5.80. The van der Waals surface area contributed by atoms with E-state index in [1.165, 1.54) is 18.4 Å². The summed E-state index contributed by atoms with van der Waals surface area (Å²) in [7, 11) is 0. The van der Waals surface area contributed by atoms with Crippen LogP contribution in [0.3, 0.4) is 0 Å². The summed E-state index contributed by atoms with van der Waals surface area (Å²) in [4.78, 5) is 0. The van der Waals surface area contributed by atoms with Crippen LogP contribution >= 0.6 is 0 Å². The molecule has 0 spiro atoms. The van der Waals surface area contributed by atoms with Crippen LogP contribution in [-0.2, 0) is 6.42 Å². The van der Waals surface area contributed by atoms with Gasteiger partial charge in [-0.2, -0.15) is 0 Å². The van der Waals surface area contributed by atoms with Crippen molar-refractivity contribution in [3.8, 4) is 5.75 Å². The van der Waals surface area contributed by atoms with Crippen LogP contribution in [0, 0.1) is 0 Å². The number of hydrogen-bond donors (Lipinski definition) is 0. The van der Waals surface area contributed by atoms with Crippen molar-refractivity contribution in [1.82, 2.24) is 0 Å². The van der Waals surface area contributed by atoms with Gasteiger partial charge in [0.1, 0.15) is 5.75 Å². The topological polar surface area (TPSA) is 9.23 Å². The lowest BCUT2D eigenvalue weighted by atomic mass is 10.1. The molecule has 0 heterocycles. The fraction of sp³-hybridized carbons (Fsp3) is 0.467. The van der Waals surface area contributed by atoms with Crippen molar-refractivity contribution >= 4 is 0 Å². The van der Waals surface area contributed by atoms with E-state index in [-0.39, 0.29) is 0 Å². The van der Waals surface area contributed by atoms with E-state index in [1.807, 2.05) is 13.0 Å². The van der Waals surface area contributed by atoms with Crippen LogP contribution in [0.2, 0.25) is 0 Å². The van der Waals surface area contributed by atoms with Crippen LogP contribution in [0.25, 0.3) is 0 Å². The molecule has 0 unspecified atom stereocenters. The van der Waals surface area contributed by atoms with Gasteiger partial charge < -0.3 is 4.74 Å². The fourth-order valence-corrected chi connectivity index (χ4v) is 1.59. The minimum atomic E-state index is 0.834. The normalized spacial score (nSPS) is 10.9. The van der Waals surface area contributed by atoms with Gasteiger partial charge in [-0.25, -0.2) is 0 Å². The van der Waals surface area contributed by atoms with Gasteiger partial charge in [0.05, 0.1) is 6.61 Å². The highest BCUT2D eigenvalue weighted by atomic mass is 16.5. The Kier molecular flexibility index (Phi) is 6.39. The average molecular weight is 218 g/mol. The Hall–Kier alpha value is -1.24. The van der Waals surface area contributed by atoms with Crippen LogP contribution < -0.4 is 4.74 Å². The van der Waals surface area contributed by atoms with Gasteiger partial charge in [0.25, 0.3) is 0 Å². The standard InChI is InChI=1S/C15H22O/c1-3-5-9-13-16-15-12-8-7-11-14(15)10-6-4-2/h4,6-8,11-12H,3,5,9-10,13H2,1-2H3. The molecule has 16 heavy (non-hydrogen) atoms. The number of hydrogen-bond acceptors (Lipinski definition) is 1. The van der Waals surface area contributed by atoms with Crippen molar-refractivity contribution in [3.05, 3.63) is 42.0 Å². The van der Waals surface area contributed by atoms with Crippen LogP contribution in [0.5, 0.6) is 5.75 Å². The molecule has 0 aliphatic heterocycles. The summed E-state index contributed by atoms with van der Waals surface area (Å²) in [5.74, 6) is 1.04. The molecule has 0 atom stereocenters. The third-order valence-corrected chi connectivity index (χ3v) is 2.55. The van der Waals surface area contributed by atoms with Crippen molar-refractivity contribution in [2.24, 2.45) is 0 Å². The van der Waals surface area contributed by atoms with Crippen LogP contribution in [0.15, 0.2) is 36.4 Å². The molecule has 0 bridgehead atoms. The summed E-state index contributed by atoms with van der Waals surface area (Å²) < 4.78 is 5.80. The Balaban J connectivity index is 2.49. The van der Waals surface area contributed by atoms with E-state index in [4.69, 9.17) is 4.74 Å². The van der Waals surface area contributed by atoms with E-state index < -0.39 is 0 Å². The second-order valence-corrected chi connectivity index (χ2v) is 3.94. The van der Waals surface area contributed by atoms with Crippen LogP contribution in [0.4, 0.5) is 0 Å². The molecule has 1 heteroatoms. The minimum absolute atomic E-state index is 0.834. The first kappa shape index (κ1) is 12.8. The van der Waals surface area contributed by atoms with E-state index >= 15 is 0 Å². The lowest BCUT2D eigenvalue weighted by molar-refractivity contribution is 0.304. The predicted molar refractivity (Wildman–Crippen MR) is 70.0 cm³/mol. The second-order valence-electron chi connectivity index (χ2n) is 3.94. The highest BCUT2D eigenvalue weighted by Crippen LogP contribution is 2.19. The van der Waals surface area contributed by atoms with E-state index in [1.54, 1.807) is 0 Å².